The Bertz CT molecular complexity index is 1560. The molecule has 218 valence electrons. The molecule has 0 spiro atoms. The van der Waals surface area contributed by atoms with E-state index in [1.54, 1.807) is 24.4 Å². The Hall–Kier alpha value is -3.73. The molecule has 0 saturated carbocycles. The standard InChI is InChI=1S/C30H38ClFN8O/c1-17(33)5-4-6-20-13-24(27(32)25(31)14-20)26-15-22-16-40(30(41)39-28(22)38-26)23-9-7-21(8-10-23)19(3)37-18(2)11-12-36-29(34)35/h7-10,13-19,37H,4-6,11-12,33H2,1-3H3,(H4,34,35,36)(H,38,39,41)/t17-,18+,19-/m0/s1. The van der Waals surface area contributed by atoms with Crippen LogP contribution in [0, 0.1) is 11.2 Å². The number of nitrogens with one attached hydrogen (secondary N) is 4. The van der Waals surface area contributed by atoms with Gasteiger partial charge in [0.05, 0.1) is 16.4 Å². The molecule has 2 heterocycles. The largest absolute Gasteiger partial charge is 0.370 e. The molecular weight excluding hydrogens is 543 g/mol. The first-order valence-electron chi connectivity index (χ1n) is 13.8. The Balaban J connectivity index is 1.53. The molecule has 8 N–H and O–H groups in total. The minimum Gasteiger partial charge on any atom is -0.370 e. The Kier molecular flexibility index (Phi) is 9.80. The second-order valence-corrected chi connectivity index (χ2v) is 11.1. The van der Waals surface area contributed by atoms with Crippen LogP contribution in [0.15, 0.2) is 53.5 Å². The van der Waals surface area contributed by atoms with Gasteiger partial charge in [0, 0.05) is 41.8 Å². The zero-order chi connectivity index (χ0) is 29.7. The molecule has 0 unspecified atom stereocenters. The van der Waals surface area contributed by atoms with Crippen LogP contribution in [-0.4, -0.2) is 39.1 Å². The number of guanidine groups is 1. The fourth-order valence-corrected chi connectivity index (χ4v) is 5.13. The second-order valence-electron chi connectivity index (χ2n) is 10.7. The zero-order valence-corrected chi connectivity index (χ0v) is 24.4. The van der Waals surface area contributed by atoms with Crippen molar-refractivity contribution in [3.8, 4) is 16.9 Å². The maximum Gasteiger partial charge on any atom is 0.354 e. The Morgan fingerprint density at radius 1 is 1.17 bits per heavy atom. The molecule has 0 fully saturated rings. The lowest BCUT2D eigenvalue weighted by Gasteiger charge is -2.21. The van der Waals surface area contributed by atoms with Crippen molar-refractivity contribution in [3.63, 3.8) is 0 Å². The van der Waals surface area contributed by atoms with E-state index < -0.39 is 11.5 Å². The van der Waals surface area contributed by atoms with Crippen LogP contribution in [-0.2, 0) is 6.42 Å². The maximum atomic E-state index is 15.1. The normalized spacial score (nSPS) is 13.7. The summed E-state index contributed by atoms with van der Waals surface area (Å²) in [5, 5.41) is 14.3. The molecule has 2 aromatic heterocycles. The van der Waals surface area contributed by atoms with Crippen molar-refractivity contribution in [2.24, 2.45) is 11.5 Å². The number of halogens is 2. The van der Waals surface area contributed by atoms with E-state index in [1.165, 1.54) is 4.57 Å². The molecule has 0 radical (unpaired) electrons. The van der Waals surface area contributed by atoms with Gasteiger partial charge in [-0.1, -0.05) is 23.7 Å². The quantitative estimate of drug-likeness (QED) is 0.105. The van der Waals surface area contributed by atoms with Crippen molar-refractivity contribution >= 4 is 28.6 Å². The van der Waals surface area contributed by atoms with Crippen molar-refractivity contribution in [1.82, 2.24) is 25.2 Å². The summed E-state index contributed by atoms with van der Waals surface area (Å²) < 4.78 is 16.5. The Labute approximate surface area is 244 Å². The van der Waals surface area contributed by atoms with Crippen molar-refractivity contribution < 1.29 is 4.39 Å². The summed E-state index contributed by atoms with van der Waals surface area (Å²) in [6.07, 6.45) is 4.99. The molecule has 0 aliphatic heterocycles. The van der Waals surface area contributed by atoms with Gasteiger partial charge >= 0.3 is 5.69 Å². The van der Waals surface area contributed by atoms with E-state index >= 15 is 4.39 Å². The molecule has 9 nitrogen and oxygen atoms in total. The van der Waals surface area contributed by atoms with Crippen LogP contribution in [0.25, 0.3) is 28.0 Å². The van der Waals surface area contributed by atoms with Crippen LogP contribution in [0.3, 0.4) is 0 Å². The summed E-state index contributed by atoms with van der Waals surface area (Å²) in [5.74, 6) is -0.554. The van der Waals surface area contributed by atoms with Crippen molar-refractivity contribution in [2.75, 3.05) is 6.54 Å². The molecule has 0 bridgehead atoms. The van der Waals surface area contributed by atoms with Crippen LogP contribution in [0.2, 0.25) is 5.02 Å². The van der Waals surface area contributed by atoms with Gasteiger partial charge in [-0.15, -0.1) is 0 Å². The maximum absolute atomic E-state index is 15.1. The fraction of sp³-hybridized carbons (Fsp3) is 0.367. The smallest absolute Gasteiger partial charge is 0.354 e. The molecular formula is C30H38ClFN8O. The van der Waals surface area contributed by atoms with Crippen LogP contribution >= 0.6 is 11.6 Å². The van der Waals surface area contributed by atoms with Gasteiger partial charge in [0.15, 0.2) is 11.8 Å². The van der Waals surface area contributed by atoms with E-state index in [9.17, 15) is 4.79 Å². The lowest BCUT2D eigenvalue weighted by molar-refractivity contribution is 0.455. The first-order chi connectivity index (χ1) is 19.5. The van der Waals surface area contributed by atoms with Gasteiger partial charge < -0.3 is 27.1 Å². The summed E-state index contributed by atoms with van der Waals surface area (Å²) in [6.45, 7) is 6.73. The number of nitrogens with zero attached hydrogens (tertiary/aromatic N) is 2. The number of hydrogen-bond acceptors (Lipinski definition) is 5. The summed E-state index contributed by atoms with van der Waals surface area (Å²) >= 11 is 6.23. The van der Waals surface area contributed by atoms with Gasteiger partial charge in [-0.2, -0.15) is 4.98 Å². The zero-order valence-electron chi connectivity index (χ0n) is 23.6. The second kappa shape index (κ2) is 13.3. The summed E-state index contributed by atoms with van der Waals surface area (Å²) in [6, 6.07) is 13.3. The van der Waals surface area contributed by atoms with E-state index in [2.05, 4.69) is 34.4 Å². The number of nitrogens with two attached hydrogens (primary N) is 2. The number of rotatable bonds is 12. The average molecular weight is 581 g/mol. The number of H-pyrrole nitrogens is 1. The predicted octanol–water partition coefficient (Wildman–Crippen LogP) is 4.76. The molecule has 0 aliphatic carbocycles. The van der Waals surface area contributed by atoms with Gasteiger partial charge in [-0.05, 0) is 87.9 Å². The number of hydrogen-bond donors (Lipinski definition) is 6. The molecule has 4 rings (SSSR count). The van der Waals surface area contributed by atoms with Crippen molar-refractivity contribution in [3.05, 3.63) is 81.1 Å². The number of benzene rings is 2. The molecule has 3 atom stereocenters. The average Bonchev–Trinajstić information content (AvgIpc) is 3.32. The highest BCUT2D eigenvalue weighted by molar-refractivity contribution is 6.31. The number of aromatic amines is 1. The Morgan fingerprint density at radius 2 is 1.90 bits per heavy atom. The number of aromatic nitrogens is 3. The molecule has 0 aliphatic rings. The van der Waals surface area contributed by atoms with Gasteiger partial charge in [0.25, 0.3) is 0 Å². The van der Waals surface area contributed by atoms with Gasteiger partial charge in [-0.25, -0.2) is 9.18 Å². The van der Waals surface area contributed by atoms with Crippen LogP contribution in [0.4, 0.5) is 4.39 Å². The molecule has 41 heavy (non-hydrogen) atoms. The van der Waals surface area contributed by atoms with E-state index in [0.717, 1.165) is 36.8 Å². The van der Waals surface area contributed by atoms with Gasteiger partial charge in [0.2, 0.25) is 0 Å². The lowest BCUT2D eigenvalue weighted by atomic mass is 10.0. The SMILES string of the molecule is C[C@H](N)CCCc1cc(Cl)c(F)c(-c2cc3cn(-c4ccc([C@H](C)N[C@H](C)CCNC(=N)N)cc4)c(=O)nc3[nH]2)c1. The number of fused-ring (bicyclic) bond motifs is 1. The molecule has 11 heteroatoms. The predicted molar refractivity (Wildman–Crippen MR) is 164 cm³/mol. The van der Waals surface area contributed by atoms with E-state index in [-0.39, 0.29) is 29.1 Å². The fourth-order valence-electron chi connectivity index (χ4n) is 4.89. The highest BCUT2D eigenvalue weighted by Gasteiger charge is 2.16. The molecule has 2 aromatic carbocycles. The van der Waals surface area contributed by atoms with Crippen molar-refractivity contribution in [1.29, 1.82) is 5.41 Å². The third kappa shape index (κ3) is 7.72. The molecule has 4 aromatic rings. The third-order valence-corrected chi connectivity index (χ3v) is 7.38. The van der Waals surface area contributed by atoms with E-state index in [4.69, 9.17) is 28.5 Å². The van der Waals surface area contributed by atoms with Gasteiger partial charge in [-0.3, -0.25) is 9.98 Å². The first kappa shape index (κ1) is 30.2. The summed E-state index contributed by atoms with van der Waals surface area (Å²) in [4.78, 5) is 20.2. The van der Waals surface area contributed by atoms with Crippen molar-refractivity contribution in [2.45, 2.75) is 64.6 Å². The highest BCUT2D eigenvalue weighted by Crippen LogP contribution is 2.31. The minimum atomic E-state index is -0.521. The minimum absolute atomic E-state index is 0.0332. The van der Waals surface area contributed by atoms with Crippen LogP contribution in [0.5, 0.6) is 0 Å². The van der Waals surface area contributed by atoms with E-state index in [0.29, 0.717) is 34.5 Å². The van der Waals surface area contributed by atoms with Crippen LogP contribution < -0.4 is 27.8 Å². The first-order valence-corrected chi connectivity index (χ1v) is 14.2. The summed E-state index contributed by atoms with van der Waals surface area (Å²) in [7, 11) is 0. The van der Waals surface area contributed by atoms with Gasteiger partial charge in [0.1, 0.15) is 5.65 Å². The monoisotopic (exact) mass is 580 g/mol. The van der Waals surface area contributed by atoms with E-state index in [1.807, 2.05) is 31.2 Å². The third-order valence-electron chi connectivity index (χ3n) is 7.11. The molecule has 0 saturated heterocycles. The lowest BCUT2D eigenvalue weighted by Crippen LogP contribution is -2.36. The Morgan fingerprint density at radius 3 is 2.59 bits per heavy atom. The number of aryl methyl sites for hydroxylation is 1. The molecule has 0 amide bonds. The van der Waals surface area contributed by atoms with Crippen LogP contribution in [0.1, 0.15) is 57.2 Å². The summed E-state index contributed by atoms with van der Waals surface area (Å²) in [5.41, 5.74) is 14.6. The topological polar surface area (TPSA) is 151 Å². The highest BCUT2D eigenvalue weighted by atomic mass is 35.5.